The van der Waals surface area contributed by atoms with Gasteiger partial charge in [0.05, 0.1) is 44.3 Å². The molecule has 0 spiro atoms. The average molecular weight is 545 g/mol. The molecule has 212 valence electrons. The van der Waals surface area contributed by atoms with E-state index in [4.69, 9.17) is 14.2 Å². The van der Waals surface area contributed by atoms with Crippen molar-refractivity contribution in [2.45, 2.75) is 40.0 Å². The molecular weight excluding hydrogens is 507 g/mol. The zero-order chi connectivity index (χ0) is 28.2. The number of aromatic amines is 1. The Balaban J connectivity index is 1.39. The summed E-state index contributed by atoms with van der Waals surface area (Å²) in [6, 6.07) is 4.13. The van der Waals surface area contributed by atoms with Gasteiger partial charge in [0.1, 0.15) is 5.82 Å². The van der Waals surface area contributed by atoms with Crippen molar-refractivity contribution < 1.29 is 33.0 Å². The molecule has 0 aliphatic carbocycles. The number of carbonyl (C=O) groups is 3. The molecule has 1 aromatic carbocycles. The molecule has 0 fully saturated rings. The number of amides is 3. The van der Waals surface area contributed by atoms with Crippen molar-refractivity contribution in [3.8, 4) is 0 Å². The lowest BCUT2D eigenvalue weighted by molar-refractivity contribution is -0.122. The Morgan fingerprint density at radius 1 is 0.974 bits per heavy atom. The first kappa shape index (κ1) is 30.0. The van der Waals surface area contributed by atoms with Gasteiger partial charge in [-0.25, -0.2) is 4.39 Å². The number of hydrogen-bond acceptors (Lipinski definition) is 6. The summed E-state index contributed by atoms with van der Waals surface area (Å²) < 4.78 is 29.8. The summed E-state index contributed by atoms with van der Waals surface area (Å²) in [5.74, 6) is -1.22. The second-order valence-corrected chi connectivity index (χ2v) is 9.10. The van der Waals surface area contributed by atoms with Crippen LogP contribution in [0.4, 0.5) is 15.8 Å². The van der Waals surface area contributed by atoms with Gasteiger partial charge in [-0.15, -0.1) is 0 Å². The van der Waals surface area contributed by atoms with E-state index in [0.29, 0.717) is 60.3 Å². The molecule has 0 unspecified atom stereocenters. The van der Waals surface area contributed by atoms with Crippen molar-refractivity contribution in [1.82, 2.24) is 10.3 Å². The summed E-state index contributed by atoms with van der Waals surface area (Å²) in [6.45, 7) is 8.75. The normalized spacial score (nSPS) is 13.4. The van der Waals surface area contributed by atoms with E-state index < -0.39 is 5.82 Å². The van der Waals surface area contributed by atoms with E-state index in [9.17, 15) is 18.8 Å². The largest absolute Gasteiger partial charge is 0.379 e. The van der Waals surface area contributed by atoms with Gasteiger partial charge in [0.2, 0.25) is 11.8 Å². The standard InChI is InChI=1S/C28H37FN4O6/c1-4-10-37-12-14-39-15-13-38-11-8-25(34)30-9-7-26(35)33-27-18(2)24(31-19(27)3)17-22-21-16-20(29)5-6-23(21)32-28(22)36/h5-6,16-17,31H,4,7-15H2,1-3H3,(H,30,34)(H,32,36)(H,33,35)/b22-17-. The third kappa shape index (κ3) is 9.02. The number of anilines is 2. The van der Waals surface area contributed by atoms with Crippen LogP contribution in [0, 0.1) is 19.7 Å². The third-order valence-electron chi connectivity index (χ3n) is 6.03. The lowest BCUT2D eigenvalue weighted by atomic mass is 10.0. The number of benzene rings is 1. The number of aryl methyl sites for hydroxylation is 1. The maximum atomic E-state index is 13.7. The molecule has 0 bridgehead atoms. The number of H-pyrrole nitrogens is 1. The summed E-state index contributed by atoms with van der Waals surface area (Å²) in [4.78, 5) is 40.1. The molecule has 4 N–H and O–H groups in total. The van der Waals surface area contributed by atoms with Gasteiger partial charge in [-0.3, -0.25) is 14.4 Å². The molecule has 3 rings (SSSR count). The molecule has 1 aliphatic rings. The highest BCUT2D eigenvalue weighted by molar-refractivity contribution is 6.34. The molecular formula is C28H37FN4O6. The van der Waals surface area contributed by atoms with Crippen molar-refractivity contribution in [2.75, 3.05) is 56.8 Å². The first-order valence-corrected chi connectivity index (χ1v) is 13.1. The summed E-state index contributed by atoms with van der Waals surface area (Å²) in [5.41, 5.74) is 4.06. The number of halogens is 1. The predicted molar refractivity (Wildman–Crippen MR) is 147 cm³/mol. The molecule has 0 radical (unpaired) electrons. The third-order valence-corrected chi connectivity index (χ3v) is 6.03. The molecule has 0 saturated heterocycles. The highest BCUT2D eigenvalue weighted by atomic mass is 19.1. The zero-order valence-electron chi connectivity index (χ0n) is 22.7. The molecule has 2 aromatic rings. The molecule has 3 amide bonds. The second-order valence-electron chi connectivity index (χ2n) is 9.10. The summed E-state index contributed by atoms with van der Waals surface area (Å²) in [7, 11) is 0. The van der Waals surface area contributed by atoms with E-state index in [0.717, 1.165) is 18.6 Å². The molecule has 39 heavy (non-hydrogen) atoms. The molecule has 2 heterocycles. The van der Waals surface area contributed by atoms with Crippen molar-refractivity contribution in [2.24, 2.45) is 0 Å². The minimum absolute atomic E-state index is 0.0933. The number of nitrogens with one attached hydrogen (secondary N) is 4. The van der Waals surface area contributed by atoms with Crippen LogP contribution in [0.15, 0.2) is 18.2 Å². The first-order chi connectivity index (χ1) is 18.8. The maximum Gasteiger partial charge on any atom is 0.256 e. The molecule has 1 aromatic heterocycles. The Hall–Kier alpha value is -3.54. The van der Waals surface area contributed by atoms with Gasteiger partial charge in [-0.1, -0.05) is 6.92 Å². The fourth-order valence-electron chi connectivity index (χ4n) is 4.01. The van der Waals surface area contributed by atoms with Crippen LogP contribution < -0.4 is 16.0 Å². The smallest absolute Gasteiger partial charge is 0.256 e. The van der Waals surface area contributed by atoms with Crippen LogP contribution in [0.25, 0.3) is 11.6 Å². The van der Waals surface area contributed by atoms with Gasteiger partial charge in [0.25, 0.3) is 5.91 Å². The predicted octanol–water partition coefficient (Wildman–Crippen LogP) is 3.56. The van der Waals surface area contributed by atoms with Gasteiger partial charge >= 0.3 is 0 Å². The van der Waals surface area contributed by atoms with E-state index in [1.807, 2.05) is 13.8 Å². The molecule has 1 aliphatic heterocycles. The van der Waals surface area contributed by atoms with Gasteiger partial charge in [0.15, 0.2) is 0 Å². The number of fused-ring (bicyclic) bond motifs is 1. The van der Waals surface area contributed by atoms with Crippen molar-refractivity contribution in [3.05, 3.63) is 46.5 Å². The highest BCUT2D eigenvalue weighted by Gasteiger charge is 2.25. The van der Waals surface area contributed by atoms with Crippen LogP contribution in [-0.4, -0.2) is 68.9 Å². The lowest BCUT2D eigenvalue weighted by Crippen LogP contribution is -2.28. The summed E-state index contributed by atoms with van der Waals surface area (Å²) in [6.07, 6.45) is 2.91. The topological polar surface area (TPSA) is 131 Å². The van der Waals surface area contributed by atoms with Gasteiger partial charge in [-0.05, 0) is 50.1 Å². The quantitative estimate of drug-likeness (QED) is 0.189. The van der Waals surface area contributed by atoms with Crippen LogP contribution in [0.1, 0.15) is 48.7 Å². The number of hydrogen-bond donors (Lipinski definition) is 4. The number of aromatic nitrogens is 1. The van der Waals surface area contributed by atoms with Gasteiger partial charge in [0, 0.05) is 48.6 Å². The Labute approximate surface area is 227 Å². The van der Waals surface area contributed by atoms with Crippen LogP contribution in [-0.2, 0) is 28.6 Å². The Kier molecular flexibility index (Phi) is 11.7. The fourth-order valence-corrected chi connectivity index (χ4v) is 4.01. The lowest BCUT2D eigenvalue weighted by Gasteiger charge is -2.08. The van der Waals surface area contributed by atoms with Crippen LogP contribution >= 0.6 is 0 Å². The fraction of sp³-hybridized carbons (Fsp3) is 0.464. The van der Waals surface area contributed by atoms with E-state index in [2.05, 4.69) is 20.9 Å². The van der Waals surface area contributed by atoms with Gasteiger partial charge in [-0.2, -0.15) is 0 Å². The summed E-state index contributed by atoms with van der Waals surface area (Å²) in [5, 5.41) is 8.30. The zero-order valence-corrected chi connectivity index (χ0v) is 22.7. The molecule has 0 saturated carbocycles. The maximum absolute atomic E-state index is 13.7. The van der Waals surface area contributed by atoms with E-state index in [1.54, 1.807) is 13.0 Å². The van der Waals surface area contributed by atoms with Crippen molar-refractivity contribution in [3.63, 3.8) is 0 Å². The van der Waals surface area contributed by atoms with Crippen molar-refractivity contribution in [1.29, 1.82) is 0 Å². The number of carbonyl (C=O) groups excluding carboxylic acids is 3. The number of rotatable bonds is 16. The molecule has 10 nitrogen and oxygen atoms in total. The van der Waals surface area contributed by atoms with E-state index >= 15 is 0 Å². The van der Waals surface area contributed by atoms with Crippen LogP contribution in [0.5, 0.6) is 0 Å². The Morgan fingerprint density at radius 2 is 1.67 bits per heavy atom. The Bertz CT molecular complexity index is 1190. The van der Waals surface area contributed by atoms with E-state index in [-0.39, 0.29) is 43.7 Å². The Morgan fingerprint density at radius 3 is 2.38 bits per heavy atom. The van der Waals surface area contributed by atoms with Gasteiger partial charge < -0.3 is 35.1 Å². The second kappa shape index (κ2) is 15.2. The molecule has 0 atom stereocenters. The van der Waals surface area contributed by atoms with Crippen LogP contribution in [0.2, 0.25) is 0 Å². The highest BCUT2D eigenvalue weighted by Crippen LogP contribution is 2.35. The minimum Gasteiger partial charge on any atom is -0.379 e. The van der Waals surface area contributed by atoms with E-state index in [1.165, 1.54) is 18.2 Å². The average Bonchev–Trinajstić information content (AvgIpc) is 3.35. The van der Waals surface area contributed by atoms with Crippen LogP contribution in [0.3, 0.4) is 0 Å². The van der Waals surface area contributed by atoms with Crippen molar-refractivity contribution >= 4 is 40.7 Å². The first-order valence-electron chi connectivity index (χ1n) is 13.1. The summed E-state index contributed by atoms with van der Waals surface area (Å²) >= 11 is 0. The monoisotopic (exact) mass is 544 g/mol. The molecule has 11 heteroatoms. The minimum atomic E-state index is -0.433. The number of ether oxygens (including phenoxy) is 3. The SMILES string of the molecule is CCCOCCOCCOCCC(=O)NCCC(=O)Nc1c(C)[nH]c(/C=C2\C(=O)Nc3ccc(F)cc32)c1C.